The lowest BCUT2D eigenvalue weighted by molar-refractivity contribution is -0.121. The summed E-state index contributed by atoms with van der Waals surface area (Å²) in [6.45, 7) is 4.08. The molecule has 18 heavy (non-hydrogen) atoms. The van der Waals surface area contributed by atoms with Gasteiger partial charge in [0, 0.05) is 17.6 Å². The van der Waals surface area contributed by atoms with Gasteiger partial charge in [-0.1, -0.05) is 36.7 Å². The van der Waals surface area contributed by atoms with Crippen molar-refractivity contribution in [2.45, 2.75) is 25.8 Å². The van der Waals surface area contributed by atoms with E-state index in [1.807, 2.05) is 24.3 Å². The summed E-state index contributed by atoms with van der Waals surface area (Å²) in [5.74, 6) is 0.574. The highest BCUT2D eigenvalue weighted by molar-refractivity contribution is 6.31. The third kappa shape index (κ3) is 3.47. The van der Waals surface area contributed by atoms with Crippen LogP contribution in [0, 0.1) is 5.92 Å². The summed E-state index contributed by atoms with van der Waals surface area (Å²) in [4.78, 5) is 12.0. The number of hydrogen-bond acceptors (Lipinski definition) is 2. The number of amides is 1. The standard InChI is InChI=1S/C14H19ClN2O/c1-10-6-7-16-9-13(10)17-14(18)8-11-4-2-3-5-12(11)15/h2-5,10,13,16H,6-9H2,1H3,(H,17,18). The zero-order valence-electron chi connectivity index (χ0n) is 10.6. The number of benzene rings is 1. The maximum atomic E-state index is 12.0. The van der Waals surface area contributed by atoms with Crippen molar-refractivity contribution in [2.75, 3.05) is 13.1 Å². The molecular weight excluding hydrogens is 248 g/mol. The summed E-state index contributed by atoms with van der Waals surface area (Å²) in [6.07, 6.45) is 1.46. The quantitative estimate of drug-likeness (QED) is 0.879. The lowest BCUT2D eigenvalue weighted by Gasteiger charge is -2.30. The Hall–Kier alpha value is -1.06. The first-order chi connectivity index (χ1) is 8.66. The molecule has 1 fully saturated rings. The first-order valence-electron chi connectivity index (χ1n) is 6.40. The fraction of sp³-hybridized carbons (Fsp3) is 0.500. The Morgan fingerprint density at radius 3 is 3.00 bits per heavy atom. The predicted molar refractivity (Wildman–Crippen MR) is 73.7 cm³/mol. The van der Waals surface area contributed by atoms with Gasteiger partial charge < -0.3 is 10.6 Å². The number of piperidine rings is 1. The van der Waals surface area contributed by atoms with Crippen LogP contribution < -0.4 is 10.6 Å². The molecule has 2 unspecified atom stereocenters. The molecule has 1 aromatic rings. The van der Waals surface area contributed by atoms with Crippen molar-refractivity contribution in [2.24, 2.45) is 5.92 Å². The van der Waals surface area contributed by atoms with Crippen molar-refractivity contribution in [3.05, 3.63) is 34.9 Å². The molecule has 0 aliphatic carbocycles. The molecule has 0 aromatic heterocycles. The van der Waals surface area contributed by atoms with E-state index < -0.39 is 0 Å². The van der Waals surface area contributed by atoms with Crippen molar-refractivity contribution < 1.29 is 4.79 Å². The van der Waals surface area contributed by atoms with Crippen LogP contribution in [0.15, 0.2) is 24.3 Å². The average molecular weight is 267 g/mol. The first-order valence-corrected chi connectivity index (χ1v) is 6.78. The number of nitrogens with one attached hydrogen (secondary N) is 2. The summed E-state index contributed by atoms with van der Waals surface area (Å²) in [6, 6.07) is 7.71. The molecule has 1 aromatic carbocycles. The molecule has 1 heterocycles. The van der Waals surface area contributed by atoms with Gasteiger partial charge in [-0.05, 0) is 30.5 Å². The SMILES string of the molecule is CC1CCNCC1NC(=O)Cc1ccccc1Cl. The van der Waals surface area contributed by atoms with E-state index in [-0.39, 0.29) is 11.9 Å². The fourth-order valence-electron chi connectivity index (χ4n) is 2.26. The summed E-state index contributed by atoms with van der Waals surface area (Å²) in [5.41, 5.74) is 0.882. The van der Waals surface area contributed by atoms with Gasteiger partial charge in [0.2, 0.25) is 5.91 Å². The van der Waals surface area contributed by atoms with Gasteiger partial charge in [-0.25, -0.2) is 0 Å². The number of halogens is 1. The average Bonchev–Trinajstić information content (AvgIpc) is 2.35. The Kier molecular flexibility index (Phi) is 4.61. The lowest BCUT2D eigenvalue weighted by atomic mass is 9.94. The van der Waals surface area contributed by atoms with Crippen molar-refractivity contribution in [1.29, 1.82) is 0 Å². The smallest absolute Gasteiger partial charge is 0.224 e. The van der Waals surface area contributed by atoms with Crippen LogP contribution >= 0.6 is 11.6 Å². The molecule has 2 rings (SSSR count). The van der Waals surface area contributed by atoms with Crippen molar-refractivity contribution in [3.63, 3.8) is 0 Å². The summed E-state index contributed by atoms with van der Waals surface area (Å²) >= 11 is 6.05. The van der Waals surface area contributed by atoms with Gasteiger partial charge in [-0.2, -0.15) is 0 Å². The maximum absolute atomic E-state index is 12.0. The number of carbonyl (C=O) groups is 1. The van der Waals surface area contributed by atoms with Crippen LogP contribution in [0.25, 0.3) is 0 Å². The van der Waals surface area contributed by atoms with E-state index in [0.29, 0.717) is 17.4 Å². The van der Waals surface area contributed by atoms with Crippen LogP contribution in [0.2, 0.25) is 5.02 Å². The highest BCUT2D eigenvalue weighted by atomic mass is 35.5. The van der Waals surface area contributed by atoms with Gasteiger partial charge in [-0.3, -0.25) is 4.79 Å². The molecule has 0 saturated carbocycles. The molecule has 3 nitrogen and oxygen atoms in total. The molecule has 1 aliphatic rings. The fourth-order valence-corrected chi connectivity index (χ4v) is 2.46. The second kappa shape index (κ2) is 6.21. The third-order valence-electron chi connectivity index (χ3n) is 3.48. The molecule has 0 radical (unpaired) electrons. The van der Waals surface area contributed by atoms with Gasteiger partial charge in [0.15, 0.2) is 0 Å². The number of rotatable bonds is 3. The van der Waals surface area contributed by atoms with E-state index in [2.05, 4.69) is 17.6 Å². The minimum absolute atomic E-state index is 0.0450. The van der Waals surface area contributed by atoms with Gasteiger partial charge in [0.05, 0.1) is 6.42 Å². The van der Waals surface area contributed by atoms with Gasteiger partial charge in [0.1, 0.15) is 0 Å². The van der Waals surface area contributed by atoms with Crippen molar-refractivity contribution >= 4 is 17.5 Å². The van der Waals surface area contributed by atoms with Crippen LogP contribution in [-0.2, 0) is 11.2 Å². The Morgan fingerprint density at radius 2 is 2.28 bits per heavy atom. The summed E-state index contributed by atoms with van der Waals surface area (Å²) < 4.78 is 0. The minimum Gasteiger partial charge on any atom is -0.352 e. The Balaban J connectivity index is 1.90. The predicted octanol–water partition coefficient (Wildman–Crippen LogP) is 2.00. The van der Waals surface area contributed by atoms with Gasteiger partial charge in [-0.15, -0.1) is 0 Å². The highest BCUT2D eigenvalue weighted by Gasteiger charge is 2.22. The summed E-state index contributed by atoms with van der Waals surface area (Å²) in [7, 11) is 0. The van der Waals surface area contributed by atoms with E-state index >= 15 is 0 Å². The van der Waals surface area contributed by atoms with E-state index in [9.17, 15) is 4.79 Å². The second-order valence-electron chi connectivity index (χ2n) is 4.91. The lowest BCUT2D eigenvalue weighted by Crippen LogP contribution is -2.50. The normalized spacial score (nSPS) is 23.7. The Morgan fingerprint density at radius 1 is 1.50 bits per heavy atom. The van der Waals surface area contributed by atoms with E-state index in [4.69, 9.17) is 11.6 Å². The minimum atomic E-state index is 0.0450. The molecule has 4 heteroatoms. The topological polar surface area (TPSA) is 41.1 Å². The highest BCUT2D eigenvalue weighted by Crippen LogP contribution is 2.16. The van der Waals surface area contributed by atoms with Crippen LogP contribution in [0.4, 0.5) is 0 Å². The van der Waals surface area contributed by atoms with Crippen molar-refractivity contribution in [3.8, 4) is 0 Å². The zero-order chi connectivity index (χ0) is 13.0. The molecular formula is C14H19ClN2O. The van der Waals surface area contributed by atoms with E-state index in [1.54, 1.807) is 0 Å². The van der Waals surface area contributed by atoms with E-state index in [0.717, 1.165) is 25.1 Å². The molecule has 2 N–H and O–H groups in total. The molecule has 1 aliphatic heterocycles. The molecule has 1 amide bonds. The van der Waals surface area contributed by atoms with Crippen LogP contribution in [0.3, 0.4) is 0 Å². The second-order valence-corrected chi connectivity index (χ2v) is 5.32. The Labute approximate surface area is 113 Å². The van der Waals surface area contributed by atoms with Gasteiger partial charge in [0.25, 0.3) is 0 Å². The van der Waals surface area contributed by atoms with Crippen molar-refractivity contribution in [1.82, 2.24) is 10.6 Å². The molecule has 0 spiro atoms. The third-order valence-corrected chi connectivity index (χ3v) is 3.85. The van der Waals surface area contributed by atoms with Gasteiger partial charge >= 0.3 is 0 Å². The van der Waals surface area contributed by atoms with Crippen LogP contribution in [-0.4, -0.2) is 25.0 Å². The summed E-state index contributed by atoms with van der Waals surface area (Å²) in [5, 5.41) is 7.04. The van der Waals surface area contributed by atoms with Crippen LogP contribution in [0.1, 0.15) is 18.9 Å². The first kappa shape index (κ1) is 13.4. The zero-order valence-corrected chi connectivity index (χ0v) is 11.3. The molecule has 1 saturated heterocycles. The molecule has 98 valence electrons. The maximum Gasteiger partial charge on any atom is 0.224 e. The van der Waals surface area contributed by atoms with Crippen LogP contribution in [0.5, 0.6) is 0 Å². The molecule has 0 bridgehead atoms. The molecule has 2 atom stereocenters. The van der Waals surface area contributed by atoms with E-state index in [1.165, 1.54) is 0 Å². The Bertz CT molecular complexity index is 422. The number of carbonyl (C=O) groups excluding carboxylic acids is 1. The largest absolute Gasteiger partial charge is 0.352 e. The number of hydrogen-bond donors (Lipinski definition) is 2. The monoisotopic (exact) mass is 266 g/mol.